The lowest BCUT2D eigenvalue weighted by Crippen LogP contribution is -2.43. The molecule has 2 aromatic carbocycles. The zero-order valence-electron chi connectivity index (χ0n) is 15.4. The van der Waals surface area contributed by atoms with Gasteiger partial charge in [0, 0.05) is 18.3 Å². The number of anilines is 2. The zero-order valence-corrected chi connectivity index (χ0v) is 16.3. The van der Waals surface area contributed by atoms with E-state index in [2.05, 4.69) is 15.4 Å². The van der Waals surface area contributed by atoms with Crippen LogP contribution in [-0.4, -0.2) is 26.3 Å². The highest BCUT2D eigenvalue weighted by Crippen LogP contribution is 2.15. The van der Waals surface area contributed by atoms with Gasteiger partial charge in [0.15, 0.2) is 0 Å². The molecule has 0 aliphatic rings. The van der Waals surface area contributed by atoms with Gasteiger partial charge in [0.05, 0.1) is 4.90 Å². The molecule has 0 radical (unpaired) electrons. The quantitative estimate of drug-likeness (QED) is 0.677. The van der Waals surface area contributed by atoms with Gasteiger partial charge in [-0.15, -0.1) is 0 Å². The molecule has 3 N–H and O–H groups in total. The van der Waals surface area contributed by atoms with Gasteiger partial charge < -0.3 is 10.6 Å². The summed E-state index contributed by atoms with van der Waals surface area (Å²) in [5.74, 6) is -0.649. The third-order valence-corrected chi connectivity index (χ3v) is 5.31. The number of sulfonamides is 1. The fourth-order valence-corrected chi connectivity index (χ4v) is 3.64. The second kappa shape index (κ2) is 8.79. The molecule has 8 heteroatoms. The monoisotopic (exact) mass is 389 g/mol. The van der Waals surface area contributed by atoms with E-state index in [0.717, 1.165) is 5.56 Å². The SMILES string of the molecule is CC[C@@H](NS(=O)(=O)c1ccc(C)cc1)C(=O)Nc1ccc(NC(C)=O)cc1. The van der Waals surface area contributed by atoms with Crippen molar-refractivity contribution in [1.82, 2.24) is 4.72 Å². The van der Waals surface area contributed by atoms with Crippen LogP contribution in [0.15, 0.2) is 53.4 Å². The van der Waals surface area contributed by atoms with Crippen LogP contribution < -0.4 is 15.4 Å². The van der Waals surface area contributed by atoms with Crippen LogP contribution in [0.2, 0.25) is 0 Å². The summed E-state index contributed by atoms with van der Waals surface area (Å²) < 4.78 is 27.4. The summed E-state index contributed by atoms with van der Waals surface area (Å²) in [7, 11) is -3.80. The Morgan fingerprint density at radius 3 is 1.93 bits per heavy atom. The van der Waals surface area contributed by atoms with E-state index < -0.39 is 22.0 Å². The third-order valence-electron chi connectivity index (χ3n) is 3.83. The molecule has 1 atom stereocenters. The van der Waals surface area contributed by atoms with E-state index in [4.69, 9.17) is 0 Å². The molecule has 2 rings (SSSR count). The van der Waals surface area contributed by atoms with E-state index in [0.29, 0.717) is 17.8 Å². The topological polar surface area (TPSA) is 104 Å². The number of aryl methyl sites for hydroxylation is 1. The summed E-state index contributed by atoms with van der Waals surface area (Å²) >= 11 is 0. The summed E-state index contributed by atoms with van der Waals surface area (Å²) in [6.45, 7) is 4.99. The van der Waals surface area contributed by atoms with Crippen molar-refractivity contribution >= 4 is 33.2 Å². The van der Waals surface area contributed by atoms with Crippen LogP contribution >= 0.6 is 0 Å². The zero-order chi connectivity index (χ0) is 20.0. The first-order valence-corrected chi connectivity index (χ1v) is 9.97. The lowest BCUT2D eigenvalue weighted by molar-refractivity contribution is -0.118. The van der Waals surface area contributed by atoms with Crippen LogP contribution in [0, 0.1) is 6.92 Å². The summed E-state index contributed by atoms with van der Waals surface area (Å²) in [4.78, 5) is 23.6. The molecule has 0 unspecified atom stereocenters. The van der Waals surface area contributed by atoms with Gasteiger partial charge in [-0.2, -0.15) is 4.72 Å². The molecule has 2 amide bonds. The molecule has 0 aromatic heterocycles. The predicted octanol–water partition coefficient (Wildman–Crippen LogP) is 2.65. The van der Waals surface area contributed by atoms with Crippen molar-refractivity contribution in [3.63, 3.8) is 0 Å². The van der Waals surface area contributed by atoms with Gasteiger partial charge in [-0.25, -0.2) is 8.42 Å². The molecule has 0 saturated carbocycles. The fourth-order valence-electron chi connectivity index (χ4n) is 2.36. The Balaban J connectivity index is 2.06. The highest BCUT2D eigenvalue weighted by atomic mass is 32.2. The van der Waals surface area contributed by atoms with Crippen molar-refractivity contribution < 1.29 is 18.0 Å². The van der Waals surface area contributed by atoms with E-state index in [9.17, 15) is 18.0 Å². The van der Waals surface area contributed by atoms with Gasteiger partial charge in [-0.05, 0) is 49.7 Å². The van der Waals surface area contributed by atoms with Crippen LogP contribution in [0.5, 0.6) is 0 Å². The Hall–Kier alpha value is -2.71. The lowest BCUT2D eigenvalue weighted by Gasteiger charge is -2.17. The molecule has 0 aliphatic carbocycles. The highest BCUT2D eigenvalue weighted by molar-refractivity contribution is 7.89. The minimum absolute atomic E-state index is 0.110. The largest absolute Gasteiger partial charge is 0.326 e. The first-order valence-electron chi connectivity index (χ1n) is 8.49. The second-order valence-corrected chi connectivity index (χ2v) is 7.86. The van der Waals surface area contributed by atoms with E-state index in [1.165, 1.54) is 19.1 Å². The molecular formula is C19H23N3O4S. The number of benzene rings is 2. The van der Waals surface area contributed by atoms with Crippen LogP contribution in [-0.2, 0) is 19.6 Å². The second-order valence-electron chi connectivity index (χ2n) is 6.14. The van der Waals surface area contributed by atoms with Gasteiger partial charge in [-0.1, -0.05) is 24.6 Å². The molecule has 0 saturated heterocycles. The van der Waals surface area contributed by atoms with Crippen molar-refractivity contribution in [2.45, 2.75) is 38.1 Å². The Morgan fingerprint density at radius 1 is 0.926 bits per heavy atom. The van der Waals surface area contributed by atoms with Gasteiger partial charge in [0.25, 0.3) is 0 Å². The molecule has 0 fully saturated rings. The number of amides is 2. The average Bonchev–Trinajstić information content (AvgIpc) is 2.61. The highest BCUT2D eigenvalue weighted by Gasteiger charge is 2.24. The van der Waals surface area contributed by atoms with Gasteiger partial charge >= 0.3 is 0 Å². The number of carbonyl (C=O) groups excluding carboxylic acids is 2. The number of hydrogen-bond acceptors (Lipinski definition) is 4. The molecule has 0 bridgehead atoms. The Kier molecular flexibility index (Phi) is 6.70. The summed E-state index contributed by atoms with van der Waals surface area (Å²) in [6.07, 6.45) is 0.293. The van der Waals surface area contributed by atoms with E-state index in [-0.39, 0.29) is 10.8 Å². The lowest BCUT2D eigenvalue weighted by atomic mass is 10.2. The number of nitrogens with one attached hydrogen (secondary N) is 3. The minimum atomic E-state index is -3.80. The van der Waals surface area contributed by atoms with E-state index >= 15 is 0 Å². The number of hydrogen-bond donors (Lipinski definition) is 3. The van der Waals surface area contributed by atoms with Crippen molar-refractivity contribution in [3.8, 4) is 0 Å². The van der Waals surface area contributed by atoms with E-state index in [1.807, 2.05) is 6.92 Å². The maximum absolute atomic E-state index is 12.5. The first kappa shape index (κ1) is 20.6. The molecule has 0 heterocycles. The van der Waals surface area contributed by atoms with Gasteiger partial charge in [-0.3, -0.25) is 9.59 Å². The fraction of sp³-hybridized carbons (Fsp3) is 0.263. The Labute approximate surface area is 159 Å². The summed E-state index contributed by atoms with van der Waals surface area (Å²) in [6, 6.07) is 12.0. The van der Waals surface area contributed by atoms with Crippen molar-refractivity contribution in [3.05, 3.63) is 54.1 Å². The number of rotatable bonds is 7. The molecule has 2 aromatic rings. The number of carbonyl (C=O) groups is 2. The average molecular weight is 389 g/mol. The predicted molar refractivity (Wildman–Crippen MR) is 105 cm³/mol. The molecule has 0 aliphatic heterocycles. The van der Waals surface area contributed by atoms with Gasteiger partial charge in [0.1, 0.15) is 6.04 Å². The standard InChI is InChI=1S/C19H23N3O4S/c1-4-18(22-27(25,26)17-11-5-13(2)6-12-17)19(24)21-16-9-7-15(8-10-16)20-14(3)23/h5-12,18,22H,4H2,1-3H3,(H,20,23)(H,21,24)/t18-/m1/s1. The Bertz CT molecular complexity index is 907. The van der Waals surface area contributed by atoms with Crippen LogP contribution in [0.1, 0.15) is 25.8 Å². The van der Waals surface area contributed by atoms with E-state index in [1.54, 1.807) is 43.3 Å². The Morgan fingerprint density at radius 2 is 1.44 bits per heavy atom. The first-order chi connectivity index (χ1) is 12.7. The van der Waals surface area contributed by atoms with Crippen molar-refractivity contribution in [2.24, 2.45) is 0 Å². The molecular weight excluding hydrogens is 366 g/mol. The molecule has 7 nitrogen and oxygen atoms in total. The third kappa shape index (κ3) is 5.90. The maximum Gasteiger partial charge on any atom is 0.242 e. The normalized spacial score (nSPS) is 12.3. The minimum Gasteiger partial charge on any atom is -0.326 e. The van der Waals surface area contributed by atoms with Crippen LogP contribution in [0.25, 0.3) is 0 Å². The summed E-state index contributed by atoms with van der Waals surface area (Å²) in [5, 5.41) is 5.31. The maximum atomic E-state index is 12.5. The molecule has 27 heavy (non-hydrogen) atoms. The summed E-state index contributed by atoms with van der Waals surface area (Å²) in [5.41, 5.74) is 2.05. The molecule has 0 spiro atoms. The van der Waals surface area contributed by atoms with Gasteiger partial charge in [0.2, 0.25) is 21.8 Å². The molecule has 144 valence electrons. The van der Waals surface area contributed by atoms with Crippen LogP contribution in [0.4, 0.5) is 11.4 Å². The van der Waals surface area contributed by atoms with Crippen LogP contribution in [0.3, 0.4) is 0 Å². The van der Waals surface area contributed by atoms with Crippen molar-refractivity contribution in [2.75, 3.05) is 10.6 Å². The smallest absolute Gasteiger partial charge is 0.242 e. The van der Waals surface area contributed by atoms with Crippen molar-refractivity contribution in [1.29, 1.82) is 0 Å².